The summed E-state index contributed by atoms with van der Waals surface area (Å²) in [5, 5.41) is 6.98. The lowest BCUT2D eigenvalue weighted by Crippen LogP contribution is -2.39. The fourth-order valence-corrected chi connectivity index (χ4v) is 3.09. The fraction of sp³-hybridized carbons (Fsp3) is 0.400. The Morgan fingerprint density at radius 2 is 2.03 bits per heavy atom. The number of rotatable bonds is 5. The van der Waals surface area contributed by atoms with E-state index < -0.39 is 18.0 Å². The minimum absolute atomic E-state index is 0.150. The van der Waals surface area contributed by atoms with Gasteiger partial charge in [-0.05, 0) is 32.9 Å². The lowest BCUT2D eigenvalue weighted by atomic mass is 10.2. The predicted molar refractivity (Wildman–Crippen MR) is 106 cm³/mol. The number of fused-ring (bicyclic) bond motifs is 1. The molecule has 0 aliphatic carbocycles. The summed E-state index contributed by atoms with van der Waals surface area (Å²) in [6, 6.07) is 6.99. The van der Waals surface area contributed by atoms with E-state index in [0.717, 1.165) is 5.69 Å². The molecule has 2 amide bonds. The summed E-state index contributed by atoms with van der Waals surface area (Å²) in [4.78, 5) is 38.6. The first-order chi connectivity index (χ1) is 13.8. The van der Waals surface area contributed by atoms with Gasteiger partial charge in [0.25, 0.3) is 5.91 Å². The molecule has 1 aromatic carbocycles. The van der Waals surface area contributed by atoms with Gasteiger partial charge in [0, 0.05) is 7.05 Å². The summed E-state index contributed by atoms with van der Waals surface area (Å²) in [7, 11) is 1.78. The van der Waals surface area contributed by atoms with Crippen molar-refractivity contribution in [3.05, 3.63) is 35.7 Å². The highest BCUT2D eigenvalue weighted by Gasteiger charge is 2.27. The quantitative estimate of drug-likeness (QED) is 0.767. The second kappa shape index (κ2) is 8.34. The van der Waals surface area contributed by atoms with Gasteiger partial charge in [-0.25, -0.2) is 0 Å². The summed E-state index contributed by atoms with van der Waals surface area (Å²) in [5.41, 5.74) is 2.56. The van der Waals surface area contributed by atoms with Crippen LogP contribution in [0.3, 0.4) is 0 Å². The SMILES string of the molecule is Cc1nn(C)c(C)c1NC(=O)[C@H](C)OC(=O)CN1C(=O)CCOc2ccccc21. The number of nitrogens with zero attached hydrogens (tertiary/aromatic N) is 3. The Kier molecular flexibility index (Phi) is 5.86. The van der Waals surface area contributed by atoms with Crippen molar-refractivity contribution in [1.82, 2.24) is 9.78 Å². The molecule has 1 aromatic heterocycles. The van der Waals surface area contributed by atoms with Crippen LogP contribution in [0, 0.1) is 13.8 Å². The Bertz CT molecular complexity index is 952. The monoisotopic (exact) mass is 400 g/mol. The number of hydrogen-bond acceptors (Lipinski definition) is 6. The normalized spacial score (nSPS) is 14.5. The highest BCUT2D eigenvalue weighted by Crippen LogP contribution is 2.30. The summed E-state index contributed by atoms with van der Waals surface area (Å²) in [6.45, 7) is 5.03. The topological polar surface area (TPSA) is 103 Å². The van der Waals surface area contributed by atoms with Crippen molar-refractivity contribution in [3.63, 3.8) is 0 Å². The second-order valence-corrected chi connectivity index (χ2v) is 6.84. The van der Waals surface area contributed by atoms with Crippen molar-refractivity contribution >= 4 is 29.2 Å². The van der Waals surface area contributed by atoms with E-state index in [4.69, 9.17) is 9.47 Å². The maximum absolute atomic E-state index is 12.4. The number of amides is 2. The minimum atomic E-state index is -1.03. The van der Waals surface area contributed by atoms with Gasteiger partial charge in [-0.1, -0.05) is 12.1 Å². The maximum atomic E-state index is 12.4. The second-order valence-electron chi connectivity index (χ2n) is 6.84. The zero-order chi connectivity index (χ0) is 21.1. The van der Waals surface area contributed by atoms with Crippen LogP contribution in [0.2, 0.25) is 0 Å². The van der Waals surface area contributed by atoms with E-state index >= 15 is 0 Å². The van der Waals surface area contributed by atoms with Crippen molar-refractivity contribution in [2.24, 2.45) is 7.05 Å². The lowest BCUT2D eigenvalue weighted by molar-refractivity contribution is -0.152. The molecule has 1 aliphatic heterocycles. The lowest BCUT2D eigenvalue weighted by Gasteiger charge is -2.22. The van der Waals surface area contributed by atoms with Crippen LogP contribution in [0.5, 0.6) is 5.75 Å². The highest BCUT2D eigenvalue weighted by molar-refractivity contribution is 6.00. The van der Waals surface area contributed by atoms with Gasteiger partial charge in [0.2, 0.25) is 5.91 Å². The van der Waals surface area contributed by atoms with Crippen molar-refractivity contribution in [1.29, 1.82) is 0 Å². The molecule has 29 heavy (non-hydrogen) atoms. The molecule has 9 nitrogen and oxygen atoms in total. The Morgan fingerprint density at radius 1 is 1.31 bits per heavy atom. The van der Waals surface area contributed by atoms with Gasteiger partial charge in [0.05, 0.1) is 35.8 Å². The third-order valence-corrected chi connectivity index (χ3v) is 4.75. The van der Waals surface area contributed by atoms with Gasteiger partial charge in [0.1, 0.15) is 12.3 Å². The molecule has 0 saturated carbocycles. The molecule has 9 heteroatoms. The smallest absolute Gasteiger partial charge is 0.326 e. The van der Waals surface area contributed by atoms with Gasteiger partial charge in [-0.15, -0.1) is 0 Å². The summed E-state index contributed by atoms with van der Waals surface area (Å²) < 4.78 is 12.5. The Morgan fingerprint density at radius 3 is 2.72 bits per heavy atom. The molecule has 0 bridgehead atoms. The molecule has 1 N–H and O–H groups in total. The Labute approximate surface area is 168 Å². The van der Waals surface area contributed by atoms with E-state index in [0.29, 0.717) is 22.8 Å². The first-order valence-electron chi connectivity index (χ1n) is 9.30. The number of carbonyl (C=O) groups is 3. The van der Waals surface area contributed by atoms with E-state index in [1.165, 1.54) is 11.8 Å². The van der Waals surface area contributed by atoms with E-state index in [1.807, 2.05) is 6.92 Å². The van der Waals surface area contributed by atoms with Crippen LogP contribution in [-0.4, -0.2) is 46.8 Å². The molecular weight excluding hydrogens is 376 g/mol. The predicted octanol–water partition coefficient (Wildman–Crippen LogP) is 1.72. The third-order valence-electron chi connectivity index (χ3n) is 4.75. The number of nitrogens with one attached hydrogen (secondary N) is 1. The average Bonchev–Trinajstić information content (AvgIpc) is 2.83. The molecule has 0 fully saturated rings. The first kappa shape index (κ1) is 20.4. The number of anilines is 2. The van der Waals surface area contributed by atoms with Crippen LogP contribution in [0.4, 0.5) is 11.4 Å². The summed E-state index contributed by atoms with van der Waals surface area (Å²) >= 11 is 0. The fourth-order valence-electron chi connectivity index (χ4n) is 3.09. The molecular formula is C20H24N4O5. The average molecular weight is 400 g/mol. The first-order valence-corrected chi connectivity index (χ1v) is 9.30. The van der Waals surface area contributed by atoms with Crippen LogP contribution in [0.25, 0.3) is 0 Å². The van der Waals surface area contributed by atoms with E-state index in [2.05, 4.69) is 10.4 Å². The van der Waals surface area contributed by atoms with Crippen LogP contribution < -0.4 is 15.0 Å². The molecule has 0 unspecified atom stereocenters. The molecule has 0 radical (unpaired) electrons. The largest absolute Gasteiger partial charge is 0.491 e. The highest BCUT2D eigenvalue weighted by atomic mass is 16.5. The van der Waals surface area contributed by atoms with Crippen molar-refractivity contribution in [3.8, 4) is 5.75 Å². The van der Waals surface area contributed by atoms with Gasteiger partial charge < -0.3 is 14.8 Å². The van der Waals surface area contributed by atoms with Crippen LogP contribution in [0.15, 0.2) is 24.3 Å². The number of esters is 1. The number of hydrogen-bond donors (Lipinski definition) is 1. The number of para-hydroxylation sites is 2. The zero-order valence-corrected chi connectivity index (χ0v) is 16.9. The molecule has 2 heterocycles. The number of carbonyl (C=O) groups excluding carboxylic acids is 3. The van der Waals surface area contributed by atoms with Crippen LogP contribution >= 0.6 is 0 Å². The van der Waals surface area contributed by atoms with E-state index in [9.17, 15) is 14.4 Å². The third kappa shape index (κ3) is 4.39. The Balaban J connectivity index is 1.65. The molecule has 0 spiro atoms. The van der Waals surface area contributed by atoms with Crippen molar-refractivity contribution in [2.75, 3.05) is 23.4 Å². The van der Waals surface area contributed by atoms with E-state index in [1.54, 1.807) is 42.9 Å². The van der Waals surface area contributed by atoms with Crippen molar-refractivity contribution in [2.45, 2.75) is 33.3 Å². The Hall–Kier alpha value is -3.36. The number of aryl methyl sites for hydroxylation is 2. The van der Waals surface area contributed by atoms with Gasteiger partial charge >= 0.3 is 5.97 Å². The van der Waals surface area contributed by atoms with Crippen molar-refractivity contribution < 1.29 is 23.9 Å². The number of benzene rings is 1. The molecule has 1 atom stereocenters. The van der Waals surface area contributed by atoms with E-state index in [-0.39, 0.29) is 25.5 Å². The molecule has 2 aromatic rings. The van der Waals surface area contributed by atoms with Crippen LogP contribution in [0.1, 0.15) is 24.7 Å². The number of aromatic nitrogens is 2. The van der Waals surface area contributed by atoms with Gasteiger partial charge in [-0.3, -0.25) is 24.0 Å². The maximum Gasteiger partial charge on any atom is 0.326 e. The minimum Gasteiger partial charge on any atom is -0.491 e. The zero-order valence-electron chi connectivity index (χ0n) is 16.9. The molecule has 1 aliphatic rings. The summed E-state index contributed by atoms with van der Waals surface area (Å²) in [6.07, 6.45) is -0.882. The standard InChI is InChI=1S/C20H24N4O5/c1-12-19(13(2)23(4)22-12)21-20(27)14(3)29-18(26)11-24-15-7-5-6-8-16(15)28-10-9-17(24)25/h5-8,14H,9-11H2,1-4H3,(H,21,27)/t14-/m0/s1. The molecule has 3 rings (SSSR count). The molecule has 154 valence electrons. The van der Waals surface area contributed by atoms with Crippen LogP contribution in [-0.2, 0) is 26.2 Å². The molecule has 0 saturated heterocycles. The van der Waals surface area contributed by atoms with Gasteiger partial charge in [-0.2, -0.15) is 5.10 Å². The summed E-state index contributed by atoms with van der Waals surface area (Å²) in [5.74, 6) is -0.870. The van der Waals surface area contributed by atoms with Gasteiger partial charge in [0.15, 0.2) is 6.10 Å². The number of ether oxygens (including phenoxy) is 2.